The predicted octanol–water partition coefficient (Wildman–Crippen LogP) is 1.91. The van der Waals surface area contributed by atoms with Crippen molar-refractivity contribution in [3.63, 3.8) is 0 Å². The monoisotopic (exact) mass is 220 g/mol. The topological polar surface area (TPSA) is 46.0 Å². The predicted molar refractivity (Wildman–Crippen MR) is 63.2 cm³/mol. The summed E-state index contributed by atoms with van der Waals surface area (Å²) < 4.78 is 0. The lowest BCUT2D eigenvalue weighted by atomic mass is 9.86. The molecule has 1 aromatic heterocycles. The van der Waals surface area contributed by atoms with Crippen LogP contribution in [0.4, 0.5) is 0 Å². The maximum atomic E-state index is 10.1. The van der Waals surface area contributed by atoms with E-state index in [9.17, 15) is 5.11 Å². The van der Waals surface area contributed by atoms with Crippen LogP contribution in [-0.4, -0.2) is 21.2 Å². The number of hydrogen-bond acceptors (Lipinski definition) is 3. The first kappa shape index (κ1) is 11.5. The molecule has 0 aliphatic heterocycles. The first-order valence-electron chi connectivity index (χ1n) is 5.98. The number of nitrogens with zero attached hydrogens (tertiary/aromatic N) is 2. The molecule has 0 bridgehead atoms. The van der Waals surface area contributed by atoms with E-state index in [1.807, 2.05) is 0 Å². The molecule has 1 atom stereocenters. The van der Waals surface area contributed by atoms with Crippen LogP contribution >= 0.6 is 0 Å². The molecule has 88 valence electrons. The van der Waals surface area contributed by atoms with E-state index in [1.54, 1.807) is 6.33 Å². The van der Waals surface area contributed by atoms with Crippen molar-refractivity contribution < 1.29 is 5.11 Å². The maximum absolute atomic E-state index is 10.1. The molecule has 1 unspecified atom stereocenters. The highest BCUT2D eigenvalue weighted by atomic mass is 16.3. The molecule has 0 amide bonds. The second-order valence-corrected chi connectivity index (χ2v) is 5.69. The van der Waals surface area contributed by atoms with Gasteiger partial charge in [-0.05, 0) is 30.2 Å². The molecule has 1 aliphatic carbocycles. The van der Waals surface area contributed by atoms with Crippen molar-refractivity contribution in [1.82, 2.24) is 9.97 Å². The lowest BCUT2D eigenvalue weighted by molar-refractivity contribution is 0.0625. The average Bonchev–Trinajstić information content (AvgIpc) is 2.65. The van der Waals surface area contributed by atoms with Crippen LogP contribution in [0, 0.1) is 5.41 Å². The van der Waals surface area contributed by atoms with Gasteiger partial charge in [-0.2, -0.15) is 0 Å². The Labute approximate surface area is 96.9 Å². The minimum Gasteiger partial charge on any atom is -0.392 e. The largest absolute Gasteiger partial charge is 0.392 e. The van der Waals surface area contributed by atoms with E-state index in [1.165, 1.54) is 17.7 Å². The normalized spacial score (nSPS) is 17.2. The van der Waals surface area contributed by atoms with Gasteiger partial charge in [-0.15, -0.1) is 0 Å². The molecule has 16 heavy (non-hydrogen) atoms. The van der Waals surface area contributed by atoms with Crippen LogP contribution in [0.2, 0.25) is 0 Å². The summed E-state index contributed by atoms with van der Waals surface area (Å²) in [7, 11) is 0. The highest BCUT2D eigenvalue weighted by Gasteiger charge is 2.25. The minimum atomic E-state index is -0.341. The van der Waals surface area contributed by atoms with Gasteiger partial charge in [0.15, 0.2) is 0 Å². The van der Waals surface area contributed by atoms with Gasteiger partial charge >= 0.3 is 0 Å². The van der Waals surface area contributed by atoms with Crippen molar-refractivity contribution in [1.29, 1.82) is 0 Å². The van der Waals surface area contributed by atoms with Crippen molar-refractivity contribution in [3.8, 4) is 0 Å². The molecular formula is C13H20N2O. The molecule has 1 aliphatic rings. The van der Waals surface area contributed by atoms with Gasteiger partial charge in [0, 0.05) is 17.8 Å². The zero-order valence-electron chi connectivity index (χ0n) is 10.3. The van der Waals surface area contributed by atoms with Gasteiger partial charge < -0.3 is 5.11 Å². The summed E-state index contributed by atoms with van der Waals surface area (Å²) in [4.78, 5) is 8.63. The summed E-state index contributed by atoms with van der Waals surface area (Å²) in [6, 6.07) is 0. The number of aliphatic hydroxyl groups is 1. The Kier molecular flexibility index (Phi) is 2.98. The molecule has 0 aromatic carbocycles. The summed E-state index contributed by atoms with van der Waals surface area (Å²) >= 11 is 0. The van der Waals surface area contributed by atoms with Crippen LogP contribution in [0.1, 0.15) is 44.1 Å². The van der Waals surface area contributed by atoms with Crippen molar-refractivity contribution in [2.45, 2.75) is 52.6 Å². The van der Waals surface area contributed by atoms with Crippen molar-refractivity contribution in [2.24, 2.45) is 5.41 Å². The molecule has 0 fully saturated rings. The van der Waals surface area contributed by atoms with Crippen molar-refractivity contribution >= 4 is 0 Å². The number of aromatic nitrogens is 2. The Balaban J connectivity index is 2.20. The molecule has 0 radical (unpaired) electrons. The standard InChI is InChI=1S/C13H20N2O/c1-13(2,3)12(16)7-11-9-5-4-6-10(9)14-8-15-11/h8,12,16H,4-7H2,1-3H3. The molecule has 1 N–H and O–H groups in total. The number of aliphatic hydroxyl groups excluding tert-OH is 1. The van der Waals surface area contributed by atoms with Crippen LogP contribution < -0.4 is 0 Å². The first-order chi connectivity index (χ1) is 7.48. The van der Waals surface area contributed by atoms with E-state index in [2.05, 4.69) is 30.7 Å². The summed E-state index contributed by atoms with van der Waals surface area (Å²) in [5.41, 5.74) is 3.43. The highest BCUT2D eigenvalue weighted by molar-refractivity contribution is 5.29. The molecular weight excluding hydrogens is 200 g/mol. The van der Waals surface area contributed by atoms with Gasteiger partial charge in [-0.1, -0.05) is 20.8 Å². The van der Waals surface area contributed by atoms with Gasteiger partial charge in [0.05, 0.1) is 6.10 Å². The van der Waals surface area contributed by atoms with E-state index in [4.69, 9.17) is 0 Å². The van der Waals surface area contributed by atoms with Gasteiger partial charge in [-0.25, -0.2) is 9.97 Å². The van der Waals surface area contributed by atoms with Gasteiger partial charge in [0.25, 0.3) is 0 Å². The molecule has 0 spiro atoms. The van der Waals surface area contributed by atoms with E-state index in [-0.39, 0.29) is 11.5 Å². The number of fused-ring (bicyclic) bond motifs is 1. The van der Waals surface area contributed by atoms with E-state index in [0.717, 1.165) is 18.5 Å². The van der Waals surface area contributed by atoms with E-state index in [0.29, 0.717) is 6.42 Å². The first-order valence-corrected chi connectivity index (χ1v) is 5.98. The quantitative estimate of drug-likeness (QED) is 0.828. The number of aryl methyl sites for hydroxylation is 1. The molecule has 1 aromatic rings. The summed E-state index contributed by atoms with van der Waals surface area (Å²) in [6.45, 7) is 6.16. The summed E-state index contributed by atoms with van der Waals surface area (Å²) in [5, 5.41) is 10.1. The lowest BCUT2D eigenvalue weighted by Gasteiger charge is -2.26. The maximum Gasteiger partial charge on any atom is 0.115 e. The van der Waals surface area contributed by atoms with Crippen LogP contribution in [0.25, 0.3) is 0 Å². The average molecular weight is 220 g/mol. The van der Waals surface area contributed by atoms with Gasteiger partial charge in [0.1, 0.15) is 6.33 Å². The van der Waals surface area contributed by atoms with Crippen LogP contribution in [0.3, 0.4) is 0 Å². The third kappa shape index (κ3) is 2.24. The SMILES string of the molecule is CC(C)(C)C(O)Cc1ncnc2c1CCC2. The molecule has 2 rings (SSSR count). The third-order valence-corrected chi connectivity index (χ3v) is 3.35. The van der Waals surface area contributed by atoms with Crippen LogP contribution in [-0.2, 0) is 19.3 Å². The Morgan fingerprint density at radius 3 is 2.75 bits per heavy atom. The second-order valence-electron chi connectivity index (χ2n) is 5.69. The fourth-order valence-electron chi connectivity index (χ4n) is 2.09. The smallest absolute Gasteiger partial charge is 0.115 e. The number of rotatable bonds is 2. The summed E-state index contributed by atoms with van der Waals surface area (Å²) in [5.74, 6) is 0. The third-order valence-electron chi connectivity index (χ3n) is 3.35. The Morgan fingerprint density at radius 1 is 1.31 bits per heavy atom. The fourth-order valence-corrected chi connectivity index (χ4v) is 2.09. The Morgan fingerprint density at radius 2 is 2.06 bits per heavy atom. The molecule has 0 saturated heterocycles. The fraction of sp³-hybridized carbons (Fsp3) is 0.692. The Hall–Kier alpha value is -0.960. The van der Waals surface area contributed by atoms with Gasteiger partial charge in [0.2, 0.25) is 0 Å². The van der Waals surface area contributed by atoms with E-state index < -0.39 is 0 Å². The summed E-state index contributed by atoms with van der Waals surface area (Å²) in [6.07, 6.45) is 5.25. The van der Waals surface area contributed by atoms with Crippen LogP contribution in [0.5, 0.6) is 0 Å². The zero-order chi connectivity index (χ0) is 11.8. The van der Waals surface area contributed by atoms with E-state index >= 15 is 0 Å². The number of hydrogen-bond donors (Lipinski definition) is 1. The highest BCUT2D eigenvalue weighted by Crippen LogP contribution is 2.26. The molecule has 3 heteroatoms. The lowest BCUT2D eigenvalue weighted by Crippen LogP contribution is -2.29. The zero-order valence-corrected chi connectivity index (χ0v) is 10.3. The molecule has 3 nitrogen and oxygen atoms in total. The molecule has 1 heterocycles. The second kappa shape index (κ2) is 4.13. The van der Waals surface area contributed by atoms with Gasteiger partial charge in [-0.3, -0.25) is 0 Å². The minimum absolute atomic E-state index is 0.0869. The van der Waals surface area contributed by atoms with Crippen molar-refractivity contribution in [2.75, 3.05) is 0 Å². The molecule has 0 saturated carbocycles. The Bertz CT molecular complexity index is 382. The van der Waals surface area contributed by atoms with Crippen molar-refractivity contribution in [3.05, 3.63) is 23.3 Å². The van der Waals surface area contributed by atoms with Crippen LogP contribution in [0.15, 0.2) is 6.33 Å².